The number of hydrogen-bond donors (Lipinski definition) is 10. The molecule has 0 saturated heterocycles. The quantitative estimate of drug-likeness (QED) is 0.0510. The highest BCUT2D eigenvalue weighted by Gasteiger charge is 2.39. The molecule has 64 heavy (non-hydrogen) atoms. The Labute approximate surface area is 367 Å². The third-order valence-electron chi connectivity index (χ3n) is 9.63. The van der Waals surface area contributed by atoms with Gasteiger partial charge < -0.3 is 51.7 Å². The molecule has 0 spiro atoms. The summed E-state index contributed by atoms with van der Waals surface area (Å²) in [7, 11) is -4.93. The second kappa shape index (κ2) is 21.5. The first kappa shape index (κ1) is 48.2. The number of aromatic carboxylic acids is 1. The van der Waals surface area contributed by atoms with Crippen molar-refractivity contribution in [3.05, 3.63) is 112 Å². The lowest BCUT2D eigenvalue weighted by atomic mass is 9.74. The maximum atomic E-state index is 12.8. The number of carbonyl (C=O) groups is 8. The number of carbonyl (C=O) groups excluding carboxylic acids is 5. The fourth-order valence-corrected chi connectivity index (χ4v) is 8.33. The minimum absolute atomic E-state index is 0.00699. The third kappa shape index (κ3) is 13.3. The molecule has 23 heteroatoms. The van der Waals surface area contributed by atoms with Crippen molar-refractivity contribution in [3.8, 4) is 11.5 Å². The van der Waals surface area contributed by atoms with Gasteiger partial charge in [0.05, 0.1) is 17.9 Å². The number of rotatable bonds is 22. The molecule has 0 saturated carbocycles. The van der Waals surface area contributed by atoms with E-state index >= 15 is 0 Å². The molecule has 3 unspecified atom stereocenters. The van der Waals surface area contributed by atoms with E-state index in [2.05, 4.69) is 16.0 Å². The molecular weight excluding hydrogens is 882 g/mol. The molecule has 11 N–H and O–H groups in total. The van der Waals surface area contributed by atoms with Crippen LogP contribution in [0, 0.1) is 5.92 Å². The number of ketones is 1. The number of allylic oxidation sites excluding steroid dienone is 3. The van der Waals surface area contributed by atoms with E-state index in [-0.39, 0.29) is 64.5 Å². The maximum absolute atomic E-state index is 12.8. The van der Waals surface area contributed by atoms with Crippen LogP contribution in [0.3, 0.4) is 0 Å². The minimum atomic E-state index is -4.93. The van der Waals surface area contributed by atoms with Crippen molar-refractivity contribution < 1.29 is 77.5 Å². The zero-order chi connectivity index (χ0) is 46.7. The molecule has 2 aliphatic rings. The monoisotopic (exact) mass is 923 g/mol. The van der Waals surface area contributed by atoms with E-state index in [0.29, 0.717) is 22.4 Å². The van der Waals surface area contributed by atoms with E-state index in [4.69, 9.17) is 15.0 Å². The number of nitrogens with one attached hydrogen (secondary N) is 4. The number of aliphatic carboxylic acids is 2. The van der Waals surface area contributed by atoms with E-state index in [1.54, 1.807) is 29.4 Å². The number of phenols is 1. The lowest BCUT2D eigenvalue weighted by molar-refractivity contribution is -0.141. The summed E-state index contributed by atoms with van der Waals surface area (Å²) >= 11 is 1.16. The first-order chi connectivity index (χ1) is 30.3. The average molecular weight is 924 g/mol. The number of amides is 4. The molecule has 21 nitrogen and oxygen atoms in total. The Morgan fingerprint density at radius 2 is 1.59 bits per heavy atom. The molecule has 0 fully saturated rings. The predicted molar refractivity (Wildman–Crippen MR) is 226 cm³/mol. The van der Waals surface area contributed by atoms with Gasteiger partial charge in [0.2, 0.25) is 17.7 Å². The van der Waals surface area contributed by atoms with Gasteiger partial charge in [0.15, 0.2) is 11.8 Å². The molecule has 5 atom stereocenters. The zero-order valence-corrected chi connectivity index (χ0v) is 35.1. The van der Waals surface area contributed by atoms with Crippen molar-refractivity contribution in [2.24, 2.45) is 11.7 Å². The summed E-state index contributed by atoms with van der Waals surface area (Å²) in [5.74, 6) is -7.71. The number of benzene rings is 3. The number of nitrogens with two attached hydrogens (primary N) is 1. The van der Waals surface area contributed by atoms with Gasteiger partial charge in [-0.1, -0.05) is 30.3 Å². The number of thioether (sulfide) groups is 1. The largest absolute Gasteiger partial charge is 0.508 e. The fraction of sp³-hybridized carbons (Fsp3) is 0.268. The number of hydrogen-bond acceptors (Lipinski definition) is 13. The highest BCUT2D eigenvalue weighted by molar-refractivity contribution is 7.99. The highest BCUT2D eigenvalue weighted by atomic mass is 32.2. The van der Waals surface area contributed by atoms with E-state index in [1.165, 1.54) is 54.6 Å². The number of aromatic hydroxyl groups is 1. The lowest BCUT2D eigenvalue weighted by Crippen LogP contribution is -2.44. The first-order valence-corrected chi connectivity index (χ1v) is 21.9. The Bertz CT molecular complexity index is 2460. The second-order valence-electron chi connectivity index (χ2n) is 14.3. The SMILES string of the molecule is NC(=O)CC[C@H](NP(=O)(O)OC[C@H](NC(=O)c1ccc(CNC(=O)CCSCC(=O)Nc2ccc(C3c4ccc(O)cc4OC4=CC(=O)C=CC43)c(C(=O)O)c2)cc1)C(=O)O)C(=O)O. The summed E-state index contributed by atoms with van der Waals surface area (Å²) in [5, 5.41) is 48.3. The van der Waals surface area contributed by atoms with Crippen LogP contribution in [0.1, 0.15) is 62.6 Å². The van der Waals surface area contributed by atoms with Gasteiger partial charge in [-0.05, 0) is 54.0 Å². The Kier molecular flexibility index (Phi) is 16.2. The van der Waals surface area contributed by atoms with Crippen molar-refractivity contribution in [1.82, 2.24) is 15.7 Å². The first-order valence-electron chi connectivity index (χ1n) is 19.1. The van der Waals surface area contributed by atoms with E-state index in [1.807, 2.05) is 0 Å². The summed E-state index contributed by atoms with van der Waals surface area (Å²) in [5.41, 5.74) is 6.67. The third-order valence-corrected chi connectivity index (χ3v) is 11.7. The molecular formula is C41H42N5O16PS. The number of ether oxygens (including phenoxy) is 1. The van der Waals surface area contributed by atoms with Gasteiger partial charge in [0, 0.05) is 65.9 Å². The molecule has 1 aliphatic carbocycles. The maximum Gasteiger partial charge on any atom is 0.403 e. The van der Waals surface area contributed by atoms with Crippen molar-refractivity contribution >= 4 is 72.5 Å². The van der Waals surface area contributed by atoms with Gasteiger partial charge in [-0.15, -0.1) is 0 Å². The molecule has 5 rings (SSSR count). The lowest BCUT2D eigenvalue weighted by Gasteiger charge is -2.35. The molecule has 0 aromatic heterocycles. The van der Waals surface area contributed by atoms with Crippen molar-refractivity contribution in [2.75, 3.05) is 23.4 Å². The molecule has 3 aromatic carbocycles. The van der Waals surface area contributed by atoms with Gasteiger partial charge in [0.25, 0.3) is 5.91 Å². The number of carboxylic acids is 3. The molecule has 1 aliphatic heterocycles. The zero-order valence-electron chi connectivity index (χ0n) is 33.4. The topological polar surface area (TPSA) is 347 Å². The van der Waals surface area contributed by atoms with Crippen LogP contribution < -0.4 is 31.5 Å². The smallest absolute Gasteiger partial charge is 0.403 e. The van der Waals surface area contributed by atoms with Crippen LogP contribution in [0.5, 0.6) is 11.5 Å². The molecule has 4 amide bonds. The summed E-state index contributed by atoms with van der Waals surface area (Å²) in [6, 6.07) is 11.1. The van der Waals surface area contributed by atoms with Gasteiger partial charge in [-0.25, -0.2) is 19.2 Å². The Balaban J connectivity index is 1.06. The van der Waals surface area contributed by atoms with Crippen molar-refractivity contribution in [1.29, 1.82) is 0 Å². The predicted octanol–water partition coefficient (Wildman–Crippen LogP) is 2.24. The number of anilines is 1. The minimum Gasteiger partial charge on any atom is -0.508 e. The van der Waals surface area contributed by atoms with E-state index in [9.17, 15) is 68.2 Å². The molecule has 1 heterocycles. The Hall–Kier alpha value is -6.84. The molecule has 338 valence electrons. The van der Waals surface area contributed by atoms with Crippen molar-refractivity contribution in [3.63, 3.8) is 0 Å². The normalized spacial score (nSPS) is 16.9. The standard InChI is InChI=1S/C41H42N5O16PS/c42-34(49)12-11-30(40(55)56)46-63(59,60)61-19-31(41(57)58)45-38(52)22-3-1-21(2-4-22)18-43-35(50)13-14-64-20-36(51)44-23-5-8-26(29(15-23)39(53)54)37-27-9-6-24(47)16-32(27)62-33-17-25(48)7-10-28(33)37/h1-10,15-17,27,30-31,37,48H,11-14,18-20H2,(H2,42,49)(H,43,50)(H,44,51)(H,45,52)(H,53,54)(H,55,56)(H,57,58)(H2,46,59,60)/t27?,30-,31-,37?/m0/s1. The molecule has 0 bridgehead atoms. The van der Waals surface area contributed by atoms with E-state index in [0.717, 1.165) is 11.8 Å². The highest BCUT2D eigenvalue weighted by Crippen LogP contribution is 2.49. The van der Waals surface area contributed by atoms with Gasteiger partial charge in [0.1, 0.15) is 23.3 Å². The van der Waals surface area contributed by atoms with Crippen molar-refractivity contribution in [2.45, 2.75) is 43.8 Å². The van der Waals surface area contributed by atoms with Crippen LogP contribution in [0.15, 0.2) is 84.7 Å². The van der Waals surface area contributed by atoms with Crippen LogP contribution in [-0.4, -0.2) is 103 Å². The van der Waals surface area contributed by atoms with Crippen LogP contribution >= 0.6 is 19.5 Å². The number of phenolic OH excluding ortho intramolecular Hbond substituents is 1. The van der Waals surface area contributed by atoms with Crippen LogP contribution in [0.2, 0.25) is 0 Å². The number of fused-ring (bicyclic) bond motifs is 2. The summed E-state index contributed by atoms with van der Waals surface area (Å²) in [6.07, 6.45) is 3.50. The fourth-order valence-electron chi connectivity index (χ4n) is 6.54. The Morgan fingerprint density at radius 3 is 2.27 bits per heavy atom. The number of primary amides is 1. The van der Waals surface area contributed by atoms with Crippen LogP contribution in [0.25, 0.3) is 0 Å². The average Bonchev–Trinajstić information content (AvgIpc) is 3.23. The van der Waals surface area contributed by atoms with Crippen LogP contribution in [-0.2, 0) is 44.4 Å². The van der Waals surface area contributed by atoms with Gasteiger partial charge in [-0.3, -0.25) is 33.3 Å². The summed E-state index contributed by atoms with van der Waals surface area (Å²) < 4.78 is 23.0. The van der Waals surface area contributed by atoms with E-state index < -0.39 is 86.7 Å². The molecule has 0 radical (unpaired) electrons. The summed E-state index contributed by atoms with van der Waals surface area (Å²) in [4.78, 5) is 107. The molecule has 3 aromatic rings. The second-order valence-corrected chi connectivity index (χ2v) is 16.9. The summed E-state index contributed by atoms with van der Waals surface area (Å²) in [6.45, 7) is -0.979. The Morgan fingerprint density at radius 1 is 0.891 bits per heavy atom. The van der Waals surface area contributed by atoms with Gasteiger partial charge >= 0.3 is 25.7 Å². The van der Waals surface area contributed by atoms with Gasteiger partial charge in [-0.2, -0.15) is 11.8 Å². The number of carboxylic acid groups (broad SMARTS) is 3. The van der Waals surface area contributed by atoms with Crippen LogP contribution in [0.4, 0.5) is 5.69 Å².